The van der Waals surface area contributed by atoms with E-state index in [4.69, 9.17) is 16.3 Å². The molecule has 1 unspecified atom stereocenters. The zero-order valence-corrected chi connectivity index (χ0v) is 9.98. The van der Waals surface area contributed by atoms with Crippen LogP contribution in [-0.4, -0.2) is 7.11 Å². The van der Waals surface area contributed by atoms with Crippen molar-refractivity contribution in [1.82, 2.24) is 0 Å². The number of hydrogen-bond acceptors (Lipinski definition) is 1. The lowest BCUT2D eigenvalue weighted by Gasteiger charge is -2.17. The van der Waals surface area contributed by atoms with Crippen LogP contribution in [0.5, 0.6) is 0 Å². The maximum Gasteiger partial charge on any atom is 0.140 e. The highest BCUT2D eigenvalue weighted by atomic mass is 35.5. The lowest BCUT2D eigenvalue weighted by atomic mass is 9.95. The summed E-state index contributed by atoms with van der Waals surface area (Å²) in [6.07, 6.45) is 5.28. The normalized spacial score (nSPS) is 36.2. The first-order chi connectivity index (χ1) is 6.57. The van der Waals surface area contributed by atoms with Crippen LogP contribution in [-0.2, 0) is 4.74 Å². The van der Waals surface area contributed by atoms with E-state index in [1.54, 1.807) is 7.11 Å². The Bertz CT molecular complexity index is 310. The summed E-state index contributed by atoms with van der Waals surface area (Å²) in [5.74, 6) is 1.28. The Morgan fingerprint density at radius 2 is 2.07 bits per heavy atom. The number of allylic oxidation sites excluding steroid dienone is 5. The van der Waals surface area contributed by atoms with E-state index in [1.807, 2.05) is 6.92 Å². The molecule has 78 valence electrons. The number of ether oxygens (including phenoxy) is 1. The molecule has 0 aromatic heterocycles. The first-order valence-electron chi connectivity index (χ1n) is 4.86. The number of hydrogen-bond donors (Lipinski definition) is 0. The first kappa shape index (κ1) is 11.4. The van der Waals surface area contributed by atoms with Gasteiger partial charge >= 0.3 is 0 Å². The third-order valence-corrected chi connectivity index (χ3v) is 3.17. The standard InChI is InChI=1S/C12H17ClO/c1-8-6-5-7-9(2)12(14-4)11(13)10(8)3/h5,7-8H,6H2,1-4H3/b7-5+,11-10+,12-9+. The van der Waals surface area contributed by atoms with E-state index in [2.05, 4.69) is 26.0 Å². The van der Waals surface area contributed by atoms with Crippen LogP contribution in [0.1, 0.15) is 27.2 Å². The minimum absolute atomic E-state index is 0.483. The summed E-state index contributed by atoms with van der Waals surface area (Å²) < 4.78 is 5.31. The van der Waals surface area contributed by atoms with Crippen LogP contribution in [0, 0.1) is 5.92 Å². The van der Waals surface area contributed by atoms with Gasteiger partial charge in [0, 0.05) is 0 Å². The van der Waals surface area contributed by atoms with Crippen LogP contribution in [0.3, 0.4) is 0 Å². The molecule has 0 aliphatic heterocycles. The van der Waals surface area contributed by atoms with Crippen molar-refractivity contribution >= 4 is 11.6 Å². The molecular formula is C12H17ClO. The number of rotatable bonds is 1. The lowest BCUT2D eigenvalue weighted by molar-refractivity contribution is 0.300. The van der Waals surface area contributed by atoms with E-state index in [0.717, 1.165) is 22.8 Å². The fourth-order valence-corrected chi connectivity index (χ4v) is 1.93. The second-order valence-corrected chi connectivity index (χ2v) is 4.13. The summed E-state index contributed by atoms with van der Waals surface area (Å²) in [5, 5.41) is 0.766. The van der Waals surface area contributed by atoms with Crippen LogP contribution in [0.25, 0.3) is 0 Å². The van der Waals surface area contributed by atoms with Crippen LogP contribution >= 0.6 is 11.6 Å². The molecule has 0 N–H and O–H groups in total. The fourth-order valence-electron chi connectivity index (χ4n) is 1.52. The average Bonchev–Trinajstić information content (AvgIpc) is 2.16. The Balaban J connectivity index is 3.23. The van der Waals surface area contributed by atoms with Crippen LogP contribution in [0.2, 0.25) is 0 Å². The topological polar surface area (TPSA) is 9.23 Å². The molecule has 2 heteroatoms. The van der Waals surface area contributed by atoms with E-state index in [0.29, 0.717) is 5.92 Å². The molecule has 0 saturated carbocycles. The summed E-state index contributed by atoms with van der Waals surface area (Å²) in [7, 11) is 1.66. The van der Waals surface area contributed by atoms with Gasteiger partial charge in [-0.25, -0.2) is 0 Å². The monoisotopic (exact) mass is 212 g/mol. The van der Waals surface area contributed by atoms with E-state index >= 15 is 0 Å². The average molecular weight is 213 g/mol. The van der Waals surface area contributed by atoms with E-state index in [9.17, 15) is 0 Å². The second-order valence-electron chi connectivity index (χ2n) is 3.75. The highest BCUT2D eigenvalue weighted by Gasteiger charge is 2.15. The molecule has 1 rings (SSSR count). The van der Waals surface area contributed by atoms with Gasteiger partial charge in [0.05, 0.1) is 12.1 Å². The van der Waals surface area contributed by atoms with E-state index in [-0.39, 0.29) is 0 Å². The summed E-state index contributed by atoms with van der Waals surface area (Å²) in [6, 6.07) is 0. The van der Waals surface area contributed by atoms with Gasteiger partial charge in [-0.3, -0.25) is 0 Å². The van der Waals surface area contributed by atoms with Gasteiger partial charge in [-0.15, -0.1) is 0 Å². The van der Waals surface area contributed by atoms with Gasteiger partial charge in [0.25, 0.3) is 0 Å². The van der Waals surface area contributed by atoms with Gasteiger partial charge in [0.15, 0.2) is 0 Å². The van der Waals surface area contributed by atoms with Crippen molar-refractivity contribution in [2.75, 3.05) is 7.11 Å². The van der Waals surface area contributed by atoms with Crippen molar-refractivity contribution in [3.63, 3.8) is 0 Å². The molecule has 1 aliphatic carbocycles. The Kier molecular flexibility index (Phi) is 3.82. The van der Waals surface area contributed by atoms with Gasteiger partial charge in [0.1, 0.15) is 5.76 Å². The third-order valence-electron chi connectivity index (χ3n) is 2.70. The molecule has 0 radical (unpaired) electrons. The largest absolute Gasteiger partial charge is 0.495 e. The van der Waals surface area contributed by atoms with Crippen molar-refractivity contribution in [1.29, 1.82) is 0 Å². The molecule has 0 spiro atoms. The zero-order valence-electron chi connectivity index (χ0n) is 9.23. The van der Waals surface area contributed by atoms with E-state index < -0.39 is 0 Å². The van der Waals surface area contributed by atoms with Gasteiger partial charge < -0.3 is 4.74 Å². The molecule has 0 heterocycles. The SMILES string of the molecule is COC1=C(C)/C=C/CC(C)/C(C)=C\1Cl. The second kappa shape index (κ2) is 4.70. The quantitative estimate of drug-likeness (QED) is 0.638. The fraction of sp³-hybridized carbons (Fsp3) is 0.500. The first-order valence-corrected chi connectivity index (χ1v) is 5.23. The molecule has 0 saturated heterocycles. The summed E-state index contributed by atoms with van der Waals surface area (Å²) in [4.78, 5) is 0. The van der Waals surface area contributed by atoms with Gasteiger partial charge in [0.2, 0.25) is 0 Å². The molecular weight excluding hydrogens is 196 g/mol. The lowest BCUT2D eigenvalue weighted by Crippen LogP contribution is -2.03. The molecule has 0 amide bonds. The molecule has 0 aromatic rings. The predicted molar refractivity (Wildman–Crippen MR) is 61.2 cm³/mol. The Morgan fingerprint density at radius 3 is 2.64 bits per heavy atom. The number of halogens is 1. The molecule has 0 bridgehead atoms. The summed E-state index contributed by atoms with van der Waals surface area (Å²) in [6.45, 7) is 6.26. The third kappa shape index (κ3) is 2.21. The number of methoxy groups -OCH3 is 1. The van der Waals surface area contributed by atoms with Crippen molar-refractivity contribution in [3.05, 3.63) is 34.1 Å². The van der Waals surface area contributed by atoms with Crippen LogP contribution < -0.4 is 0 Å². The summed E-state index contributed by atoms with van der Waals surface area (Å²) >= 11 is 6.26. The Morgan fingerprint density at radius 1 is 1.43 bits per heavy atom. The predicted octanol–water partition coefficient (Wildman–Crippen LogP) is 4.02. The van der Waals surface area contributed by atoms with Crippen molar-refractivity contribution < 1.29 is 4.74 Å². The summed E-state index contributed by atoms with van der Waals surface area (Å²) in [5.41, 5.74) is 2.29. The molecule has 1 nitrogen and oxygen atoms in total. The van der Waals surface area contributed by atoms with Crippen LogP contribution in [0.15, 0.2) is 34.1 Å². The Hall–Kier alpha value is -0.690. The van der Waals surface area contributed by atoms with Crippen molar-refractivity contribution in [2.45, 2.75) is 27.2 Å². The van der Waals surface area contributed by atoms with Crippen molar-refractivity contribution in [3.8, 4) is 0 Å². The molecule has 0 fully saturated rings. The smallest absolute Gasteiger partial charge is 0.140 e. The van der Waals surface area contributed by atoms with Gasteiger partial charge in [-0.05, 0) is 37.3 Å². The van der Waals surface area contributed by atoms with E-state index in [1.165, 1.54) is 5.57 Å². The maximum atomic E-state index is 6.26. The Labute approximate surface area is 91.1 Å². The molecule has 0 aromatic carbocycles. The van der Waals surface area contributed by atoms with Crippen LogP contribution in [0.4, 0.5) is 0 Å². The molecule has 1 atom stereocenters. The maximum absolute atomic E-state index is 6.26. The zero-order chi connectivity index (χ0) is 10.7. The molecule has 1 aliphatic rings. The highest BCUT2D eigenvalue weighted by Crippen LogP contribution is 2.30. The van der Waals surface area contributed by atoms with Crippen molar-refractivity contribution in [2.24, 2.45) is 5.92 Å². The molecule has 14 heavy (non-hydrogen) atoms. The minimum atomic E-state index is 0.483. The minimum Gasteiger partial charge on any atom is -0.495 e. The van der Waals surface area contributed by atoms with Gasteiger partial charge in [-0.1, -0.05) is 30.7 Å². The highest BCUT2D eigenvalue weighted by molar-refractivity contribution is 6.32. The van der Waals surface area contributed by atoms with Gasteiger partial charge in [-0.2, -0.15) is 0 Å².